The summed E-state index contributed by atoms with van der Waals surface area (Å²) in [6.45, 7) is 10.8. The van der Waals surface area contributed by atoms with Crippen molar-refractivity contribution < 1.29 is 4.79 Å². The van der Waals surface area contributed by atoms with E-state index in [-0.39, 0.29) is 11.4 Å². The van der Waals surface area contributed by atoms with Crippen LogP contribution in [-0.4, -0.2) is 42.5 Å². The lowest BCUT2D eigenvalue weighted by Gasteiger charge is -2.36. The summed E-state index contributed by atoms with van der Waals surface area (Å²) in [6, 6.07) is 0. The normalized spacial score (nSPS) is 11.9. The van der Waals surface area contributed by atoms with Gasteiger partial charge in [-0.25, -0.2) is 0 Å². The maximum atomic E-state index is 11.5. The molecule has 0 aliphatic carbocycles. The second-order valence-electron chi connectivity index (χ2n) is 4.38. The van der Waals surface area contributed by atoms with Gasteiger partial charge in [0.1, 0.15) is 0 Å². The highest BCUT2D eigenvalue weighted by Gasteiger charge is 2.25. The fourth-order valence-corrected chi connectivity index (χ4v) is 1.38. The molecule has 0 radical (unpaired) electrons. The van der Waals surface area contributed by atoms with E-state index in [0.29, 0.717) is 13.1 Å². The van der Waals surface area contributed by atoms with Crippen molar-refractivity contribution >= 4 is 5.91 Å². The molecule has 15 heavy (non-hydrogen) atoms. The first-order chi connectivity index (χ1) is 6.97. The van der Waals surface area contributed by atoms with E-state index in [4.69, 9.17) is 5.73 Å². The zero-order valence-corrected chi connectivity index (χ0v) is 10.5. The molecule has 0 aromatic heterocycles. The number of amides is 1. The van der Waals surface area contributed by atoms with E-state index >= 15 is 0 Å². The number of nitrogens with zero attached hydrogens (tertiary/aromatic N) is 1. The molecule has 4 nitrogen and oxygen atoms in total. The Balaban J connectivity index is 4.15. The quantitative estimate of drug-likeness (QED) is 0.653. The molecule has 0 spiro atoms. The van der Waals surface area contributed by atoms with Gasteiger partial charge < -0.3 is 11.1 Å². The maximum Gasteiger partial charge on any atom is 0.234 e. The summed E-state index contributed by atoms with van der Waals surface area (Å²) in [5.41, 5.74) is 5.57. The molecule has 4 heteroatoms. The molecule has 0 aliphatic rings. The molecular weight excluding hydrogens is 190 g/mol. The summed E-state index contributed by atoms with van der Waals surface area (Å²) < 4.78 is 0. The zero-order valence-electron chi connectivity index (χ0n) is 10.5. The van der Waals surface area contributed by atoms with Gasteiger partial charge in [-0.3, -0.25) is 9.69 Å². The lowest BCUT2D eigenvalue weighted by molar-refractivity contribution is -0.123. The van der Waals surface area contributed by atoms with E-state index in [2.05, 4.69) is 24.1 Å². The second-order valence-corrected chi connectivity index (χ2v) is 4.38. The molecule has 0 aromatic carbocycles. The maximum absolute atomic E-state index is 11.5. The van der Waals surface area contributed by atoms with Gasteiger partial charge in [0.2, 0.25) is 5.91 Å². The molecule has 0 saturated heterocycles. The van der Waals surface area contributed by atoms with E-state index < -0.39 is 0 Å². The van der Waals surface area contributed by atoms with E-state index in [9.17, 15) is 4.79 Å². The SMILES string of the molecule is CCCNC(=O)CN(CC)C(C)(C)CN. The molecule has 0 aromatic rings. The van der Waals surface area contributed by atoms with E-state index in [0.717, 1.165) is 19.5 Å². The van der Waals surface area contributed by atoms with Crippen LogP contribution in [0, 0.1) is 0 Å². The zero-order chi connectivity index (χ0) is 11.9. The molecule has 90 valence electrons. The van der Waals surface area contributed by atoms with Gasteiger partial charge in [0.15, 0.2) is 0 Å². The minimum atomic E-state index is -0.113. The van der Waals surface area contributed by atoms with Crippen molar-refractivity contribution in [2.24, 2.45) is 5.73 Å². The van der Waals surface area contributed by atoms with Gasteiger partial charge in [0, 0.05) is 18.6 Å². The minimum Gasteiger partial charge on any atom is -0.355 e. The molecular formula is C11H25N3O. The molecule has 0 rings (SSSR count). The number of likely N-dealkylation sites (N-methyl/N-ethyl adjacent to an activating group) is 1. The molecule has 3 N–H and O–H groups in total. The summed E-state index contributed by atoms with van der Waals surface area (Å²) in [4.78, 5) is 13.6. The van der Waals surface area contributed by atoms with Crippen LogP contribution in [0.2, 0.25) is 0 Å². The van der Waals surface area contributed by atoms with Crippen LogP contribution >= 0.6 is 0 Å². The van der Waals surface area contributed by atoms with Crippen LogP contribution in [-0.2, 0) is 4.79 Å². The van der Waals surface area contributed by atoms with Crippen molar-refractivity contribution in [3.05, 3.63) is 0 Å². The van der Waals surface area contributed by atoms with Crippen molar-refractivity contribution in [2.45, 2.75) is 39.7 Å². The Morgan fingerprint density at radius 1 is 1.40 bits per heavy atom. The molecule has 0 heterocycles. The van der Waals surface area contributed by atoms with Gasteiger partial charge >= 0.3 is 0 Å². The van der Waals surface area contributed by atoms with Crippen LogP contribution in [0.4, 0.5) is 0 Å². The summed E-state index contributed by atoms with van der Waals surface area (Å²) in [7, 11) is 0. The molecule has 0 unspecified atom stereocenters. The second kappa shape index (κ2) is 6.80. The van der Waals surface area contributed by atoms with Gasteiger partial charge in [-0.15, -0.1) is 0 Å². The van der Waals surface area contributed by atoms with Crippen LogP contribution in [0.5, 0.6) is 0 Å². The van der Waals surface area contributed by atoms with Gasteiger partial charge in [-0.05, 0) is 26.8 Å². The Labute approximate surface area is 93.2 Å². The predicted octanol–water partition coefficient (Wildman–Crippen LogP) is 0.572. The van der Waals surface area contributed by atoms with Crippen molar-refractivity contribution in [1.82, 2.24) is 10.2 Å². The lowest BCUT2D eigenvalue weighted by atomic mass is 10.0. The number of nitrogens with one attached hydrogen (secondary N) is 1. The number of nitrogens with two attached hydrogens (primary N) is 1. The molecule has 0 fully saturated rings. The summed E-state index contributed by atoms with van der Waals surface area (Å²) in [6.07, 6.45) is 0.970. The number of carbonyl (C=O) groups excluding carboxylic acids is 1. The first-order valence-electron chi connectivity index (χ1n) is 5.69. The Hall–Kier alpha value is -0.610. The molecule has 0 aliphatic heterocycles. The minimum absolute atomic E-state index is 0.0835. The van der Waals surface area contributed by atoms with Crippen LogP contribution < -0.4 is 11.1 Å². The standard InChI is InChI=1S/C11H25N3O/c1-5-7-13-10(15)8-14(6-2)11(3,4)9-12/h5-9,12H2,1-4H3,(H,13,15). The van der Waals surface area contributed by atoms with Crippen LogP contribution in [0.15, 0.2) is 0 Å². The number of hydrogen-bond donors (Lipinski definition) is 2. The van der Waals surface area contributed by atoms with E-state index in [1.54, 1.807) is 0 Å². The van der Waals surface area contributed by atoms with Gasteiger partial charge in [0.25, 0.3) is 0 Å². The third kappa shape index (κ3) is 5.14. The Morgan fingerprint density at radius 3 is 2.40 bits per heavy atom. The molecule has 0 atom stereocenters. The van der Waals surface area contributed by atoms with Crippen LogP contribution in [0.25, 0.3) is 0 Å². The number of rotatable bonds is 7. The topological polar surface area (TPSA) is 58.4 Å². The molecule has 1 amide bonds. The fraction of sp³-hybridized carbons (Fsp3) is 0.909. The van der Waals surface area contributed by atoms with Gasteiger partial charge in [0.05, 0.1) is 6.54 Å². The molecule has 0 bridgehead atoms. The van der Waals surface area contributed by atoms with E-state index in [1.165, 1.54) is 0 Å². The van der Waals surface area contributed by atoms with Crippen LogP contribution in [0.1, 0.15) is 34.1 Å². The Bertz CT molecular complexity index is 192. The third-order valence-electron chi connectivity index (χ3n) is 2.64. The number of carbonyl (C=O) groups is 1. The van der Waals surface area contributed by atoms with Crippen molar-refractivity contribution in [3.63, 3.8) is 0 Å². The fourth-order valence-electron chi connectivity index (χ4n) is 1.38. The smallest absolute Gasteiger partial charge is 0.234 e. The largest absolute Gasteiger partial charge is 0.355 e. The van der Waals surface area contributed by atoms with E-state index in [1.807, 2.05) is 13.8 Å². The Morgan fingerprint density at radius 2 is 2.00 bits per heavy atom. The monoisotopic (exact) mass is 215 g/mol. The van der Waals surface area contributed by atoms with Gasteiger partial charge in [-0.1, -0.05) is 13.8 Å². The summed E-state index contributed by atoms with van der Waals surface area (Å²) in [5, 5.41) is 2.87. The highest BCUT2D eigenvalue weighted by Crippen LogP contribution is 2.11. The lowest BCUT2D eigenvalue weighted by Crippen LogP contribution is -2.52. The average Bonchev–Trinajstić information content (AvgIpc) is 2.22. The predicted molar refractivity (Wildman–Crippen MR) is 63.7 cm³/mol. The highest BCUT2D eigenvalue weighted by atomic mass is 16.2. The first kappa shape index (κ1) is 14.4. The molecule has 0 saturated carbocycles. The summed E-state index contributed by atoms with van der Waals surface area (Å²) >= 11 is 0. The van der Waals surface area contributed by atoms with Crippen molar-refractivity contribution in [2.75, 3.05) is 26.2 Å². The highest BCUT2D eigenvalue weighted by molar-refractivity contribution is 5.78. The number of hydrogen-bond acceptors (Lipinski definition) is 3. The van der Waals surface area contributed by atoms with Crippen molar-refractivity contribution in [1.29, 1.82) is 0 Å². The first-order valence-corrected chi connectivity index (χ1v) is 5.69. The summed E-state index contributed by atoms with van der Waals surface area (Å²) in [5.74, 6) is 0.0835. The van der Waals surface area contributed by atoms with Gasteiger partial charge in [-0.2, -0.15) is 0 Å². The van der Waals surface area contributed by atoms with Crippen LogP contribution in [0.3, 0.4) is 0 Å². The Kier molecular flexibility index (Phi) is 6.52. The third-order valence-corrected chi connectivity index (χ3v) is 2.64. The average molecular weight is 215 g/mol. The van der Waals surface area contributed by atoms with Crippen molar-refractivity contribution in [3.8, 4) is 0 Å².